The zero-order chi connectivity index (χ0) is 15.1. The van der Waals surface area contributed by atoms with Gasteiger partial charge in [-0.2, -0.15) is 0 Å². The van der Waals surface area contributed by atoms with E-state index < -0.39 is 5.97 Å². The highest BCUT2D eigenvalue weighted by molar-refractivity contribution is 5.68. The van der Waals surface area contributed by atoms with Crippen LogP contribution in [0, 0.1) is 0 Å². The normalized spacial score (nSPS) is 18.8. The first-order chi connectivity index (χ1) is 10.2. The van der Waals surface area contributed by atoms with Gasteiger partial charge in [0.1, 0.15) is 5.75 Å². The lowest BCUT2D eigenvalue weighted by Gasteiger charge is -2.23. The van der Waals surface area contributed by atoms with Crippen molar-refractivity contribution in [2.45, 2.75) is 32.4 Å². The third-order valence-electron chi connectivity index (χ3n) is 3.92. The Morgan fingerprint density at radius 3 is 3.05 bits per heavy atom. The molecule has 1 fully saturated rings. The van der Waals surface area contributed by atoms with Gasteiger partial charge in [-0.1, -0.05) is 25.1 Å². The van der Waals surface area contributed by atoms with Crippen molar-refractivity contribution in [2.24, 2.45) is 0 Å². The molecule has 1 saturated heterocycles. The highest BCUT2D eigenvalue weighted by Crippen LogP contribution is 2.19. The van der Waals surface area contributed by atoms with Crippen LogP contribution in [0.1, 0.15) is 25.3 Å². The smallest absolute Gasteiger partial charge is 0.341 e. The van der Waals surface area contributed by atoms with Gasteiger partial charge in [-0.3, -0.25) is 4.90 Å². The van der Waals surface area contributed by atoms with Crippen LogP contribution in [0.25, 0.3) is 0 Å². The van der Waals surface area contributed by atoms with Crippen LogP contribution >= 0.6 is 0 Å². The molecule has 1 heterocycles. The minimum absolute atomic E-state index is 0.302. The number of carbonyl (C=O) groups is 1. The molecule has 2 N–H and O–H groups in total. The van der Waals surface area contributed by atoms with Crippen LogP contribution < -0.4 is 10.1 Å². The summed E-state index contributed by atoms with van der Waals surface area (Å²) >= 11 is 0. The molecule has 0 saturated carbocycles. The van der Waals surface area contributed by atoms with E-state index in [0.717, 1.165) is 18.7 Å². The Balaban J connectivity index is 1.83. The summed E-state index contributed by atoms with van der Waals surface area (Å²) in [7, 11) is 0. The monoisotopic (exact) mass is 292 g/mol. The first-order valence-electron chi connectivity index (χ1n) is 7.58. The molecule has 0 radical (unpaired) electrons. The van der Waals surface area contributed by atoms with Gasteiger partial charge in [0, 0.05) is 24.7 Å². The second kappa shape index (κ2) is 8.00. The van der Waals surface area contributed by atoms with E-state index >= 15 is 0 Å². The van der Waals surface area contributed by atoms with Crippen LogP contribution in [0.2, 0.25) is 0 Å². The molecule has 21 heavy (non-hydrogen) atoms. The molecular weight excluding hydrogens is 268 g/mol. The van der Waals surface area contributed by atoms with Gasteiger partial charge in [0.25, 0.3) is 0 Å². The number of rotatable bonds is 8. The molecule has 1 aromatic rings. The lowest BCUT2D eigenvalue weighted by atomic mass is 10.2. The van der Waals surface area contributed by atoms with E-state index in [9.17, 15) is 4.79 Å². The van der Waals surface area contributed by atoms with E-state index in [4.69, 9.17) is 9.84 Å². The molecule has 1 aromatic carbocycles. The zero-order valence-corrected chi connectivity index (χ0v) is 12.5. The number of likely N-dealkylation sites (tertiary alicyclic amines) is 1. The van der Waals surface area contributed by atoms with Gasteiger partial charge in [-0.15, -0.1) is 0 Å². The maximum atomic E-state index is 10.6. The molecule has 0 aromatic heterocycles. The van der Waals surface area contributed by atoms with Crippen LogP contribution in [0.5, 0.6) is 5.75 Å². The van der Waals surface area contributed by atoms with Gasteiger partial charge in [-0.25, -0.2) is 4.79 Å². The number of likely N-dealkylation sites (N-methyl/N-ethyl adjacent to an activating group) is 1. The van der Waals surface area contributed by atoms with Crippen LogP contribution in [0.4, 0.5) is 0 Å². The molecule has 1 atom stereocenters. The number of carboxylic acid groups (broad SMARTS) is 1. The molecular formula is C16H24N2O3. The van der Waals surface area contributed by atoms with Crippen molar-refractivity contribution in [1.29, 1.82) is 0 Å². The number of hydrogen-bond acceptors (Lipinski definition) is 4. The summed E-state index contributed by atoms with van der Waals surface area (Å²) < 4.78 is 5.31. The Bertz CT molecular complexity index is 465. The number of ether oxygens (including phenoxy) is 1. The molecule has 1 unspecified atom stereocenters. The standard InChI is InChI=1S/C16H24N2O3/c1-2-18-9-5-7-14(18)11-17-10-13-6-3-4-8-15(13)21-12-16(19)20/h3-4,6,8,14,17H,2,5,7,9-12H2,1H3,(H,19,20). The fraction of sp³-hybridized carbons (Fsp3) is 0.562. The highest BCUT2D eigenvalue weighted by Gasteiger charge is 2.22. The minimum atomic E-state index is -0.956. The first kappa shape index (κ1) is 15.8. The Morgan fingerprint density at radius 1 is 1.48 bits per heavy atom. The third kappa shape index (κ3) is 4.72. The fourth-order valence-electron chi connectivity index (χ4n) is 2.85. The van der Waals surface area contributed by atoms with Gasteiger partial charge >= 0.3 is 5.97 Å². The van der Waals surface area contributed by atoms with E-state index in [-0.39, 0.29) is 6.61 Å². The summed E-state index contributed by atoms with van der Waals surface area (Å²) in [4.78, 5) is 13.1. The van der Waals surface area contributed by atoms with Crippen LogP contribution in [0.3, 0.4) is 0 Å². The molecule has 0 bridgehead atoms. The SMILES string of the molecule is CCN1CCCC1CNCc1ccccc1OCC(=O)O. The maximum Gasteiger partial charge on any atom is 0.341 e. The fourth-order valence-corrected chi connectivity index (χ4v) is 2.85. The third-order valence-corrected chi connectivity index (χ3v) is 3.92. The Kier molecular flexibility index (Phi) is 6.02. The van der Waals surface area contributed by atoms with E-state index in [0.29, 0.717) is 18.3 Å². The summed E-state index contributed by atoms with van der Waals surface area (Å²) in [5.74, 6) is -0.312. The van der Waals surface area contributed by atoms with Crippen molar-refractivity contribution in [3.63, 3.8) is 0 Å². The molecule has 5 nitrogen and oxygen atoms in total. The quantitative estimate of drug-likeness (QED) is 0.764. The van der Waals surface area contributed by atoms with Crippen molar-refractivity contribution >= 4 is 5.97 Å². The van der Waals surface area contributed by atoms with Crippen LogP contribution in [0.15, 0.2) is 24.3 Å². The Labute approximate surface area is 125 Å². The van der Waals surface area contributed by atoms with Crippen molar-refractivity contribution in [3.8, 4) is 5.75 Å². The second-order valence-corrected chi connectivity index (χ2v) is 5.35. The average molecular weight is 292 g/mol. The summed E-state index contributed by atoms with van der Waals surface area (Å²) in [6, 6.07) is 8.20. The number of nitrogens with zero attached hydrogens (tertiary/aromatic N) is 1. The first-order valence-corrected chi connectivity index (χ1v) is 7.58. The van der Waals surface area contributed by atoms with Crippen molar-refractivity contribution in [2.75, 3.05) is 26.2 Å². The van der Waals surface area contributed by atoms with Crippen molar-refractivity contribution in [3.05, 3.63) is 29.8 Å². The number of aliphatic carboxylic acids is 1. The molecule has 0 spiro atoms. The van der Waals surface area contributed by atoms with E-state index in [1.54, 1.807) is 0 Å². The van der Waals surface area contributed by atoms with Crippen molar-refractivity contribution in [1.82, 2.24) is 10.2 Å². The predicted molar refractivity (Wildman–Crippen MR) is 81.5 cm³/mol. The van der Waals surface area contributed by atoms with Gasteiger partial charge < -0.3 is 15.2 Å². The minimum Gasteiger partial charge on any atom is -0.482 e. The number of carboxylic acids is 1. The number of para-hydroxylation sites is 1. The molecule has 116 valence electrons. The van der Waals surface area contributed by atoms with E-state index in [1.807, 2.05) is 24.3 Å². The summed E-state index contributed by atoms with van der Waals surface area (Å²) in [6.07, 6.45) is 2.52. The average Bonchev–Trinajstić information content (AvgIpc) is 2.93. The summed E-state index contributed by atoms with van der Waals surface area (Å²) in [6.45, 7) is 5.85. The van der Waals surface area contributed by atoms with Gasteiger partial charge in [-0.05, 0) is 32.0 Å². The lowest BCUT2D eigenvalue weighted by Crippen LogP contribution is -2.37. The Morgan fingerprint density at radius 2 is 2.29 bits per heavy atom. The topological polar surface area (TPSA) is 61.8 Å². The Hall–Kier alpha value is -1.59. The highest BCUT2D eigenvalue weighted by atomic mass is 16.5. The van der Waals surface area contributed by atoms with Gasteiger partial charge in [0.05, 0.1) is 0 Å². The molecule has 1 aliphatic heterocycles. The lowest BCUT2D eigenvalue weighted by molar-refractivity contribution is -0.139. The maximum absolute atomic E-state index is 10.6. The summed E-state index contributed by atoms with van der Waals surface area (Å²) in [5, 5.41) is 12.2. The van der Waals surface area contributed by atoms with E-state index in [2.05, 4.69) is 17.1 Å². The molecule has 0 amide bonds. The predicted octanol–water partition coefficient (Wildman–Crippen LogP) is 1.72. The zero-order valence-electron chi connectivity index (χ0n) is 12.5. The van der Waals surface area contributed by atoms with Crippen LogP contribution in [-0.4, -0.2) is 48.3 Å². The van der Waals surface area contributed by atoms with Crippen molar-refractivity contribution < 1.29 is 14.6 Å². The molecule has 2 rings (SSSR count). The largest absolute Gasteiger partial charge is 0.482 e. The number of benzene rings is 1. The van der Waals surface area contributed by atoms with Crippen LogP contribution in [-0.2, 0) is 11.3 Å². The molecule has 5 heteroatoms. The van der Waals surface area contributed by atoms with Gasteiger partial charge in [0.15, 0.2) is 6.61 Å². The number of hydrogen-bond donors (Lipinski definition) is 2. The number of nitrogens with one attached hydrogen (secondary N) is 1. The van der Waals surface area contributed by atoms with E-state index in [1.165, 1.54) is 19.4 Å². The molecule has 0 aliphatic carbocycles. The second-order valence-electron chi connectivity index (χ2n) is 5.35. The molecule has 1 aliphatic rings. The van der Waals surface area contributed by atoms with Gasteiger partial charge in [0.2, 0.25) is 0 Å². The summed E-state index contributed by atoms with van der Waals surface area (Å²) in [5.41, 5.74) is 1.000.